The van der Waals surface area contributed by atoms with E-state index in [-0.39, 0.29) is 24.3 Å². The van der Waals surface area contributed by atoms with Gasteiger partial charge in [0.1, 0.15) is 12.3 Å². The molecule has 0 bridgehead atoms. The molecule has 0 heterocycles. The van der Waals surface area contributed by atoms with E-state index in [2.05, 4.69) is 20.8 Å². The van der Waals surface area contributed by atoms with E-state index in [1.54, 1.807) is 19.1 Å². The van der Waals surface area contributed by atoms with Gasteiger partial charge in [-0.3, -0.25) is 15.0 Å². The Morgan fingerprint density at radius 1 is 1.23 bits per heavy atom. The summed E-state index contributed by atoms with van der Waals surface area (Å²) in [6.45, 7) is 8.12. The summed E-state index contributed by atoms with van der Waals surface area (Å²) in [6.07, 6.45) is -0.337. The van der Waals surface area contributed by atoms with E-state index in [1.807, 2.05) is 12.1 Å². The maximum absolute atomic E-state index is 12.2. The average Bonchev–Trinajstić information content (AvgIpc) is 2.45. The first-order valence-electron chi connectivity index (χ1n) is 7.09. The van der Waals surface area contributed by atoms with Gasteiger partial charge >= 0.3 is 5.97 Å². The summed E-state index contributed by atoms with van der Waals surface area (Å²) >= 11 is 0. The van der Waals surface area contributed by atoms with Gasteiger partial charge in [-0.15, -0.1) is 0 Å². The second-order valence-electron chi connectivity index (χ2n) is 5.93. The molecule has 0 saturated heterocycles. The molecule has 0 aliphatic heterocycles. The van der Waals surface area contributed by atoms with Crippen LogP contribution in [0.3, 0.4) is 0 Å². The Labute approximate surface area is 130 Å². The molecular formula is C16H23N3O3. The van der Waals surface area contributed by atoms with Gasteiger partial charge in [0, 0.05) is 5.56 Å². The highest BCUT2D eigenvalue weighted by Crippen LogP contribution is 2.22. The number of esters is 1. The van der Waals surface area contributed by atoms with Crippen LogP contribution in [0.25, 0.3) is 0 Å². The molecule has 0 radical (unpaired) electrons. The fourth-order valence-electron chi connectivity index (χ4n) is 1.81. The van der Waals surface area contributed by atoms with E-state index >= 15 is 0 Å². The predicted molar refractivity (Wildman–Crippen MR) is 84.5 cm³/mol. The van der Waals surface area contributed by atoms with Gasteiger partial charge in [0.25, 0.3) is 5.91 Å². The van der Waals surface area contributed by atoms with Crippen LogP contribution in [0.4, 0.5) is 0 Å². The van der Waals surface area contributed by atoms with E-state index in [0.717, 1.165) is 5.56 Å². The second-order valence-corrected chi connectivity index (χ2v) is 5.93. The maximum atomic E-state index is 12.2. The number of rotatable bonds is 4. The minimum atomic E-state index is -0.584. The number of benzene rings is 1. The van der Waals surface area contributed by atoms with E-state index in [1.165, 1.54) is 0 Å². The zero-order valence-corrected chi connectivity index (χ0v) is 13.5. The summed E-state index contributed by atoms with van der Waals surface area (Å²) in [5, 5.41) is 8.37. The van der Waals surface area contributed by atoms with Crippen molar-refractivity contribution in [2.45, 2.75) is 39.5 Å². The van der Waals surface area contributed by atoms with Crippen molar-refractivity contribution < 1.29 is 14.3 Å². The summed E-state index contributed by atoms with van der Waals surface area (Å²) in [5.41, 5.74) is 1.44. The minimum Gasteiger partial charge on any atom is -0.466 e. The van der Waals surface area contributed by atoms with Gasteiger partial charge in [-0.25, -0.2) is 10.9 Å². The molecule has 0 fully saturated rings. The number of nitrogens with two attached hydrogens (primary N) is 1. The third kappa shape index (κ3) is 4.66. The van der Waals surface area contributed by atoms with Crippen molar-refractivity contribution in [3.63, 3.8) is 0 Å². The summed E-state index contributed by atoms with van der Waals surface area (Å²) in [4.78, 5) is 23.5. The van der Waals surface area contributed by atoms with Crippen LogP contribution in [-0.4, -0.2) is 29.3 Å². The van der Waals surface area contributed by atoms with Gasteiger partial charge in [-0.05, 0) is 30.0 Å². The fraction of sp³-hybridized carbons (Fsp3) is 0.438. The monoisotopic (exact) mass is 305 g/mol. The third-order valence-electron chi connectivity index (χ3n) is 3.12. The van der Waals surface area contributed by atoms with Crippen LogP contribution in [0.15, 0.2) is 24.3 Å². The number of hydrogen-bond acceptors (Lipinski definition) is 5. The lowest BCUT2D eigenvalue weighted by molar-refractivity contribution is -0.141. The number of hydrogen-bond donors (Lipinski definition) is 2. The molecule has 0 aromatic heterocycles. The highest BCUT2D eigenvalue weighted by atomic mass is 16.5. The molecule has 1 amide bonds. The van der Waals surface area contributed by atoms with Gasteiger partial charge in [0.2, 0.25) is 0 Å². The van der Waals surface area contributed by atoms with Gasteiger partial charge in [0.15, 0.2) is 0 Å². The first-order valence-corrected chi connectivity index (χ1v) is 7.09. The zero-order valence-electron chi connectivity index (χ0n) is 13.5. The molecule has 6 heteroatoms. The fourth-order valence-corrected chi connectivity index (χ4v) is 1.81. The minimum absolute atomic E-state index is 0.0133. The van der Waals surface area contributed by atoms with Crippen molar-refractivity contribution >= 4 is 17.7 Å². The molecule has 120 valence electrons. The molecule has 1 rings (SSSR count). The second kappa shape index (κ2) is 7.17. The van der Waals surface area contributed by atoms with Crippen molar-refractivity contribution in [3.05, 3.63) is 35.4 Å². The Bertz CT molecular complexity index is 559. The molecule has 6 nitrogen and oxygen atoms in total. The molecule has 3 N–H and O–H groups in total. The Kier molecular flexibility index (Phi) is 5.82. The molecule has 0 aliphatic carbocycles. The Balaban J connectivity index is 2.78. The van der Waals surface area contributed by atoms with Crippen LogP contribution in [0, 0.1) is 5.41 Å². The Hall–Kier alpha value is -2.21. The lowest BCUT2D eigenvalue weighted by Crippen LogP contribution is -2.43. The molecule has 0 aliphatic rings. The highest BCUT2D eigenvalue weighted by molar-refractivity contribution is 6.08. The van der Waals surface area contributed by atoms with Crippen LogP contribution in [-0.2, 0) is 14.9 Å². The normalized spacial score (nSPS) is 11.0. The lowest BCUT2D eigenvalue weighted by atomic mass is 9.86. The summed E-state index contributed by atoms with van der Waals surface area (Å²) in [5.74, 6) is 4.19. The van der Waals surface area contributed by atoms with Gasteiger partial charge in [0.05, 0.1) is 6.61 Å². The number of amidine groups is 1. The van der Waals surface area contributed by atoms with Crippen molar-refractivity contribution in [2.75, 3.05) is 6.61 Å². The first-order chi connectivity index (χ1) is 10.2. The lowest BCUT2D eigenvalue weighted by Gasteiger charge is -2.20. The Morgan fingerprint density at radius 3 is 2.23 bits per heavy atom. The topological polar surface area (TPSA) is 96.5 Å². The van der Waals surface area contributed by atoms with Crippen LogP contribution in [0.2, 0.25) is 0 Å². The smallest absolute Gasteiger partial charge is 0.313 e. The predicted octanol–water partition coefficient (Wildman–Crippen LogP) is 2.23. The molecule has 22 heavy (non-hydrogen) atoms. The SMILES string of the molecule is CCOC(=O)CC(=N)N(N)C(=O)c1ccc(C(C)(C)C)cc1. The largest absolute Gasteiger partial charge is 0.466 e. The van der Waals surface area contributed by atoms with Gasteiger partial charge in [-0.1, -0.05) is 32.9 Å². The zero-order chi connectivity index (χ0) is 16.9. The van der Waals surface area contributed by atoms with E-state index in [0.29, 0.717) is 10.6 Å². The summed E-state index contributed by atoms with van der Waals surface area (Å²) < 4.78 is 4.73. The molecule has 0 unspecified atom stereocenters. The maximum Gasteiger partial charge on any atom is 0.313 e. The van der Waals surface area contributed by atoms with Crippen molar-refractivity contribution in [1.82, 2.24) is 5.01 Å². The molecular weight excluding hydrogens is 282 g/mol. The quantitative estimate of drug-likeness (QED) is 0.223. The van der Waals surface area contributed by atoms with E-state index < -0.39 is 11.9 Å². The van der Waals surface area contributed by atoms with Crippen LogP contribution >= 0.6 is 0 Å². The number of hydrazine groups is 1. The van der Waals surface area contributed by atoms with Crippen molar-refractivity contribution in [1.29, 1.82) is 5.41 Å². The molecule has 1 aromatic carbocycles. The number of nitrogens with one attached hydrogen (secondary N) is 1. The van der Waals surface area contributed by atoms with E-state index in [9.17, 15) is 9.59 Å². The first kappa shape index (κ1) is 17.8. The number of carbonyl (C=O) groups is 2. The van der Waals surface area contributed by atoms with Crippen molar-refractivity contribution in [3.8, 4) is 0 Å². The number of carbonyl (C=O) groups excluding carboxylic acids is 2. The summed E-state index contributed by atoms with van der Waals surface area (Å²) in [6, 6.07) is 7.05. The summed E-state index contributed by atoms with van der Waals surface area (Å²) in [7, 11) is 0. The average molecular weight is 305 g/mol. The standard InChI is InChI=1S/C16H23N3O3/c1-5-22-14(20)10-13(17)19(18)15(21)11-6-8-12(9-7-11)16(2,3)4/h6-9,17H,5,10,18H2,1-4H3. The molecule has 1 aromatic rings. The van der Waals surface area contributed by atoms with Crippen LogP contribution in [0.1, 0.15) is 50.0 Å². The third-order valence-corrected chi connectivity index (χ3v) is 3.12. The number of ether oxygens (including phenoxy) is 1. The molecule has 0 atom stereocenters. The van der Waals surface area contributed by atoms with Gasteiger partial charge < -0.3 is 4.74 Å². The highest BCUT2D eigenvalue weighted by Gasteiger charge is 2.20. The van der Waals surface area contributed by atoms with Crippen molar-refractivity contribution in [2.24, 2.45) is 5.84 Å². The molecule has 0 saturated carbocycles. The number of nitrogens with zero attached hydrogens (tertiary/aromatic N) is 1. The number of amides is 1. The van der Waals surface area contributed by atoms with Crippen LogP contribution < -0.4 is 5.84 Å². The molecule has 0 spiro atoms. The Morgan fingerprint density at radius 2 is 1.77 bits per heavy atom. The van der Waals surface area contributed by atoms with E-state index in [4.69, 9.17) is 16.0 Å². The van der Waals surface area contributed by atoms with Gasteiger partial charge in [-0.2, -0.15) is 0 Å². The van der Waals surface area contributed by atoms with Crippen LogP contribution in [0.5, 0.6) is 0 Å².